The van der Waals surface area contributed by atoms with Gasteiger partial charge in [0.2, 0.25) is 0 Å². The van der Waals surface area contributed by atoms with Crippen molar-refractivity contribution in [2.45, 2.75) is 44.6 Å². The number of carbonyl (C=O) groups excluding carboxylic acids is 2. The summed E-state index contributed by atoms with van der Waals surface area (Å²) < 4.78 is 5.86. The highest BCUT2D eigenvalue weighted by atomic mass is 79.9. The van der Waals surface area contributed by atoms with E-state index in [9.17, 15) is 9.59 Å². The standard InChI is InChI=1S/C23H26BrNO3/c1-28-23(27)21(14-16-8-4-2-5-9-16)25-22(26)19-13-12-18(24)15-20(19)17-10-6-3-7-11-17/h3,6-7,10-13,15-16,21H,2,4-5,8-9,14H2,1H3,(H,25,26)/t21-/m1/s1. The van der Waals surface area contributed by atoms with Crippen molar-refractivity contribution >= 4 is 27.8 Å². The monoisotopic (exact) mass is 443 g/mol. The Morgan fingerprint density at radius 1 is 1.11 bits per heavy atom. The maximum atomic E-state index is 13.1. The fourth-order valence-corrected chi connectivity index (χ4v) is 4.28. The molecule has 2 aromatic carbocycles. The highest BCUT2D eigenvalue weighted by molar-refractivity contribution is 9.10. The molecule has 1 amide bonds. The van der Waals surface area contributed by atoms with Gasteiger partial charge in [0.15, 0.2) is 0 Å². The summed E-state index contributed by atoms with van der Waals surface area (Å²) in [5.74, 6) is -0.175. The number of carbonyl (C=O) groups is 2. The van der Waals surface area contributed by atoms with Crippen LogP contribution in [0, 0.1) is 5.92 Å². The summed E-state index contributed by atoms with van der Waals surface area (Å²) in [6, 6.07) is 14.7. The Balaban J connectivity index is 1.82. The van der Waals surface area contributed by atoms with Gasteiger partial charge in [-0.05, 0) is 41.7 Å². The Bertz CT molecular complexity index is 816. The summed E-state index contributed by atoms with van der Waals surface area (Å²) in [4.78, 5) is 25.4. The summed E-state index contributed by atoms with van der Waals surface area (Å²) in [6.07, 6.45) is 6.49. The van der Waals surface area contributed by atoms with Crippen LogP contribution in [0.2, 0.25) is 0 Å². The Morgan fingerprint density at radius 3 is 2.50 bits per heavy atom. The summed E-state index contributed by atoms with van der Waals surface area (Å²) in [6.45, 7) is 0. The van der Waals surface area contributed by atoms with Crippen molar-refractivity contribution in [3.8, 4) is 11.1 Å². The quantitative estimate of drug-likeness (QED) is 0.611. The molecule has 3 rings (SSSR count). The van der Waals surface area contributed by atoms with Gasteiger partial charge in [0, 0.05) is 10.0 Å². The number of nitrogens with one attached hydrogen (secondary N) is 1. The van der Waals surface area contributed by atoms with Crippen molar-refractivity contribution < 1.29 is 14.3 Å². The Morgan fingerprint density at radius 2 is 1.82 bits per heavy atom. The SMILES string of the molecule is COC(=O)[C@@H](CC1CCCCC1)NC(=O)c1ccc(Br)cc1-c1ccccc1. The van der Waals surface area contributed by atoms with Gasteiger partial charge < -0.3 is 10.1 Å². The summed E-state index contributed by atoms with van der Waals surface area (Å²) >= 11 is 3.49. The molecule has 0 aliphatic heterocycles. The molecular formula is C23H26BrNO3. The molecule has 0 saturated heterocycles. The molecule has 0 bridgehead atoms. The molecule has 2 aromatic rings. The van der Waals surface area contributed by atoms with Crippen molar-refractivity contribution in [1.29, 1.82) is 0 Å². The van der Waals surface area contributed by atoms with Crippen LogP contribution >= 0.6 is 15.9 Å². The van der Waals surface area contributed by atoms with Crippen LogP contribution in [-0.2, 0) is 9.53 Å². The van der Waals surface area contributed by atoms with E-state index in [0.29, 0.717) is 17.9 Å². The van der Waals surface area contributed by atoms with Gasteiger partial charge in [0.1, 0.15) is 6.04 Å². The third-order valence-electron chi connectivity index (χ3n) is 5.40. The van der Waals surface area contributed by atoms with E-state index >= 15 is 0 Å². The number of esters is 1. The second-order valence-corrected chi connectivity index (χ2v) is 8.26. The lowest BCUT2D eigenvalue weighted by Crippen LogP contribution is -2.43. The Hall–Kier alpha value is -2.14. The predicted octanol–water partition coefficient (Wildman–Crippen LogP) is 5.36. The van der Waals surface area contributed by atoms with Crippen molar-refractivity contribution in [3.05, 3.63) is 58.6 Å². The zero-order valence-electron chi connectivity index (χ0n) is 16.1. The fourth-order valence-electron chi connectivity index (χ4n) is 3.92. The minimum atomic E-state index is -0.618. The minimum absolute atomic E-state index is 0.252. The topological polar surface area (TPSA) is 55.4 Å². The molecular weight excluding hydrogens is 418 g/mol. The van der Waals surface area contributed by atoms with E-state index in [2.05, 4.69) is 21.2 Å². The fraction of sp³-hybridized carbons (Fsp3) is 0.391. The zero-order valence-corrected chi connectivity index (χ0v) is 17.7. The van der Waals surface area contributed by atoms with E-state index in [4.69, 9.17) is 4.74 Å². The predicted molar refractivity (Wildman–Crippen MR) is 114 cm³/mol. The van der Waals surface area contributed by atoms with Crippen LogP contribution in [-0.4, -0.2) is 25.0 Å². The van der Waals surface area contributed by atoms with Gasteiger partial charge in [-0.3, -0.25) is 4.79 Å². The minimum Gasteiger partial charge on any atom is -0.467 e. The maximum absolute atomic E-state index is 13.1. The molecule has 0 unspecified atom stereocenters. The van der Waals surface area contributed by atoms with E-state index in [0.717, 1.165) is 28.4 Å². The maximum Gasteiger partial charge on any atom is 0.328 e. The molecule has 4 nitrogen and oxygen atoms in total. The molecule has 0 spiro atoms. The van der Waals surface area contributed by atoms with Crippen molar-refractivity contribution in [2.24, 2.45) is 5.92 Å². The van der Waals surface area contributed by atoms with Crippen LogP contribution < -0.4 is 5.32 Å². The zero-order chi connectivity index (χ0) is 19.9. The molecule has 1 fully saturated rings. The smallest absolute Gasteiger partial charge is 0.328 e. The van der Waals surface area contributed by atoms with Gasteiger partial charge in [-0.2, -0.15) is 0 Å². The van der Waals surface area contributed by atoms with Crippen LogP contribution in [0.15, 0.2) is 53.0 Å². The van der Waals surface area contributed by atoms with Gasteiger partial charge in [-0.15, -0.1) is 0 Å². The molecule has 1 aliphatic carbocycles. The number of ether oxygens (including phenoxy) is 1. The first-order valence-corrected chi connectivity index (χ1v) is 10.6. The normalized spacial score (nSPS) is 15.6. The molecule has 0 aromatic heterocycles. The van der Waals surface area contributed by atoms with Crippen LogP contribution in [0.4, 0.5) is 0 Å². The first-order valence-electron chi connectivity index (χ1n) is 9.82. The van der Waals surface area contributed by atoms with E-state index in [1.807, 2.05) is 42.5 Å². The lowest BCUT2D eigenvalue weighted by molar-refractivity contribution is -0.143. The van der Waals surface area contributed by atoms with Gasteiger partial charge in [0.25, 0.3) is 5.91 Å². The van der Waals surface area contributed by atoms with E-state index in [1.165, 1.54) is 26.4 Å². The molecule has 28 heavy (non-hydrogen) atoms. The molecule has 0 radical (unpaired) electrons. The number of amides is 1. The van der Waals surface area contributed by atoms with Gasteiger partial charge in [0.05, 0.1) is 7.11 Å². The molecule has 0 heterocycles. The largest absolute Gasteiger partial charge is 0.467 e. The second kappa shape index (κ2) is 9.87. The summed E-state index contributed by atoms with van der Waals surface area (Å²) in [5.41, 5.74) is 2.33. The summed E-state index contributed by atoms with van der Waals surface area (Å²) in [7, 11) is 1.37. The van der Waals surface area contributed by atoms with E-state index in [-0.39, 0.29) is 11.9 Å². The van der Waals surface area contributed by atoms with Crippen molar-refractivity contribution in [1.82, 2.24) is 5.32 Å². The number of rotatable bonds is 6. The number of hydrogen-bond acceptors (Lipinski definition) is 3. The van der Waals surface area contributed by atoms with Gasteiger partial charge in [-0.1, -0.05) is 78.4 Å². The summed E-state index contributed by atoms with van der Waals surface area (Å²) in [5, 5.41) is 2.93. The number of benzene rings is 2. The molecule has 1 N–H and O–H groups in total. The highest BCUT2D eigenvalue weighted by Crippen LogP contribution is 2.29. The molecule has 5 heteroatoms. The average Bonchev–Trinajstić information content (AvgIpc) is 2.74. The molecule has 148 valence electrons. The van der Waals surface area contributed by atoms with Crippen LogP contribution in [0.5, 0.6) is 0 Å². The second-order valence-electron chi connectivity index (χ2n) is 7.34. The first kappa shape index (κ1) is 20.6. The average molecular weight is 444 g/mol. The number of hydrogen-bond donors (Lipinski definition) is 1. The van der Waals surface area contributed by atoms with Crippen molar-refractivity contribution in [3.63, 3.8) is 0 Å². The van der Waals surface area contributed by atoms with Crippen LogP contribution in [0.1, 0.15) is 48.9 Å². The lowest BCUT2D eigenvalue weighted by Gasteiger charge is -2.26. The third kappa shape index (κ3) is 5.22. The Labute approximate surface area is 174 Å². The highest BCUT2D eigenvalue weighted by Gasteiger charge is 2.27. The Kier molecular flexibility index (Phi) is 7.26. The first-order chi connectivity index (χ1) is 13.6. The van der Waals surface area contributed by atoms with E-state index in [1.54, 1.807) is 6.07 Å². The number of methoxy groups -OCH3 is 1. The van der Waals surface area contributed by atoms with Crippen LogP contribution in [0.3, 0.4) is 0 Å². The van der Waals surface area contributed by atoms with E-state index < -0.39 is 6.04 Å². The molecule has 1 saturated carbocycles. The van der Waals surface area contributed by atoms with Crippen LogP contribution in [0.25, 0.3) is 11.1 Å². The van der Waals surface area contributed by atoms with Crippen molar-refractivity contribution in [2.75, 3.05) is 7.11 Å². The third-order valence-corrected chi connectivity index (χ3v) is 5.89. The lowest BCUT2D eigenvalue weighted by atomic mass is 9.84. The molecule has 1 atom stereocenters. The number of halogens is 1. The van der Waals surface area contributed by atoms with Gasteiger partial charge in [-0.25, -0.2) is 4.79 Å². The van der Waals surface area contributed by atoms with Gasteiger partial charge >= 0.3 is 5.97 Å². The molecule has 1 aliphatic rings.